The van der Waals surface area contributed by atoms with Gasteiger partial charge in [-0.05, 0) is 117 Å². The summed E-state index contributed by atoms with van der Waals surface area (Å²) in [6, 6.07) is 9.27. The number of aliphatic hydroxyl groups excluding tert-OH is 1. The number of nitrogens with one attached hydrogen (secondary N) is 1. The molecule has 6 rings (SSSR count). The van der Waals surface area contributed by atoms with Crippen LogP contribution < -0.4 is 10.1 Å². The van der Waals surface area contributed by atoms with Crippen LogP contribution in [0.2, 0.25) is 0 Å². The first-order chi connectivity index (χ1) is 18.4. The predicted octanol–water partition coefficient (Wildman–Crippen LogP) is 7.08. The normalized spacial score (nSPS) is 42.7. The van der Waals surface area contributed by atoms with Gasteiger partial charge in [0.25, 0.3) is 0 Å². The highest BCUT2D eigenvalue weighted by atomic mass is 16.5. The maximum absolute atomic E-state index is 12.2. The molecule has 5 aliphatic rings. The second-order valence-corrected chi connectivity index (χ2v) is 14.3. The minimum absolute atomic E-state index is 0.0190. The quantitative estimate of drug-likeness (QED) is 0.403. The monoisotopic (exact) mass is 521 g/mol. The smallest absolute Gasteiger partial charge is 0.133 e. The van der Waals surface area contributed by atoms with E-state index in [0.29, 0.717) is 41.6 Å². The summed E-state index contributed by atoms with van der Waals surface area (Å²) in [4.78, 5) is 12.2. The van der Waals surface area contributed by atoms with E-state index in [1.54, 1.807) is 0 Å². The summed E-state index contributed by atoms with van der Waals surface area (Å²) in [5.74, 6) is 4.88. The van der Waals surface area contributed by atoms with E-state index in [-0.39, 0.29) is 11.5 Å². The van der Waals surface area contributed by atoms with Gasteiger partial charge in [-0.15, -0.1) is 0 Å². The number of rotatable bonds is 7. The Morgan fingerprint density at radius 2 is 1.89 bits per heavy atom. The Morgan fingerprint density at radius 3 is 2.76 bits per heavy atom. The molecule has 0 saturated heterocycles. The predicted molar refractivity (Wildman–Crippen MR) is 152 cm³/mol. The lowest BCUT2D eigenvalue weighted by Gasteiger charge is -2.60. The van der Waals surface area contributed by atoms with Gasteiger partial charge >= 0.3 is 0 Å². The molecule has 0 spiro atoms. The lowest BCUT2D eigenvalue weighted by Crippen LogP contribution is -2.55. The average molecular weight is 522 g/mol. The number of hydrogen-bond donors (Lipinski definition) is 2. The molecule has 0 bridgehead atoms. The van der Waals surface area contributed by atoms with Gasteiger partial charge in [-0.25, -0.2) is 0 Å². The van der Waals surface area contributed by atoms with E-state index in [9.17, 15) is 9.90 Å². The summed E-state index contributed by atoms with van der Waals surface area (Å²) >= 11 is 0. The van der Waals surface area contributed by atoms with Crippen molar-refractivity contribution < 1.29 is 14.6 Å². The van der Waals surface area contributed by atoms with Gasteiger partial charge in [0.1, 0.15) is 11.5 Å². The molecule has 9 atom stereocenters. The highest BCUT2D eigenvalue weighted by molar-refractivity contribution is 5.79. The SMILES string of the molecule is C[C@H]1CCCC[C@H]1NCc1cccc(OCC[C@]23CCC4C(CCC5CC(=O)CC[C@@]54C)C2CC[C@@H]3O)c1. The van der Waals surface area contributed by atoms with Crippen LogP contribution in [0.25, 0.3) is 0 Å². The molecule has 4 unspecified atom stereocenters. The molecule has 4 nitrogen and oxygen atoms in total. The molecule has 38 heavy (non-hydrogen) atoms. The molecule has 2 N–H and O–H groups in total. The van der Waals surface area contributed by atoms with Crippen LogP contribution >= 0.6 is 0 Å². The molecule has 1 aromatic carbocycles. The Labute approximate surface area is 230 Å². The highest BCUT2D eigenvalue weighted by Gasteiger charge is 2.61. The summed E-state index contributed by atoms with van der Waals surface area (Å²) < 4.78 is 6.39. The number of ether oxygens (including phenoxy) is 1. The van der Waals surface area contributed by atoms with Crippen molar-refractivity contribution in [2.45, 2.75) is 122 Å². The van der Waals surface area contributed by atoms with Crippen LogP contribution in [0.3, 0.4) is 0 Å². The van der Waals surface area contributed by atoms with Crippen molar-refractivity contribution in [2.24, 2.45) is 40.4 Å². The van der Waals surface area contributed by atoms with Crippen molar-refractivity contribution in [2.75, 3.05) is 6.61 Å². The van der Waals surface area contributed by atoms with Crippen molar-refractivity contribution in [3.63, 3.8) is 0 Å². The molecule has 5 fully saturated rings. The molecule has 5 aliphatic carbocycles. The van der Waals surface area contributed by atoms with E-state index in [0.717, 1.165) is 62.7 Å². The Morgan fingerprint density at radius 1 is 1.03 bits per heavy atom. The molecular formula is C34H51NO3. The van der Waals surface area contributed by atoms with E-state index in [2.05, 4.69) is 43.4 Å². The van der Waals surface area contributed by atoms with Crippen molar-refractivity contribution in [1.29, 1.82) is 0 Å². The average Bonchev–Trinajstić information content (AvgIpc) is 3.25. The summed E-state index contributed by atoms with van der Waals surface area (Å²) in [5.41, 5.74) is 1.65. The number of ketones is 1. The van der Waals surface area contributed by atoms with Crippen molar-refractivity contribution in [3.05, 3.63) is 29.8 Å². The molecule has 210 valence electrons. The van der Waals surface area contributed by atoms with Crippen LogP contribution in [0.1, 0.15) is 109 Å². The molecule has 1 aromatic rings. The van der Waals surface area contributed by atoms with E-state index < -0.39 is 0 Å². The van der Waals surface area contributed by atoms with Gasteiger partial charge in [0.05, 0.1) is 12.7 Å². The third kappa shape index (κ3) is 4.87. The van der Waals surface area contributed by atoms with Gasteiger partial charge in [-0.1, -0.05) is 38.8 Å². The summed E-state index contributed by atoms with van der Waals surface area (Å²) in [6.45, 7) is 6.50. The highest BCUT2D eigenvalue weighted by Crippen LogP contribution is 2.66. The second kappa shape index (κ2) is 10.9. The molecule has 5 saturated carbocycles. The molecule has 4 heteroatoms. The largest absolute Gasteiger partial charge is 0.494 e. The molecule has 0 aliphatic heterocycles. The van der Waals surface area contributed by atoms with Gasteiger partial charge in [0, 0.05) is 30.8 Å². The molecule has 0 amide bonds. The Balaban J connectivity index is 1.08. The maximum Gasteiger partial charge on any atom is 0.133 e. The van der Waals surface area contributed by atoms with Crippen molar-refractivity contribution in [1.82, 2.24) is 5.32 Å². The van der Waals surface area contributed by atoms with Gasteiger partial charge in [0.2, 0.25) is 0 Å². The Kier molecular flexibility index (Phi) is 7.68. The van der Waals surface area contributed by atoms with Crippen molar-refractivity contribution in [3.8, 4) is 5.75 Å². The van der Waals surface area contributed by atoms with E-state index in [4.69, 9.17) is 4.74 Å². The van der Waals surface area contributed by atoms with E-state index >= 15 is 0 Å². The number of carbonyl (C=O) groups excluding carboxylic acids is 1. The minimum Gasteiger partial charge on any atom is -0.494 e. The van der Waals surface area contributed by atoms with E-state index in [1.165, 1.54) is 56.9 Å². The van der Waals surface area contributed by atoms with Crippen LogP contribution in [-0.2, 0) is 11.3 Å². The summed E-state index contributed by atoms with van der Waals surface area (Å²) in [5, 5.41) is 15.1. The molecule has 0 heterocycles. The number of benzene rings is 1. The lowest BCUT2D eigenvalue weighted by molar-refractivity contribution is -0.145. The summed E-state index contributed by atoms with van der Waals surface area (Å²) in [7, 11) is 0. The zero-order valence-electron chi connectivity index (χ0n) is 23.9. The first-order valence-corrected chi connectivity index (χ1v) is 16.0. The van der Waals surface area contributed by atoms with Crippen LogP contribution in [0.15, 0.2) is 24.3 Å². The van der Waals surface area contributed by atoms with E-state index in [1.807, 2.05) is 0 Å². The van der Waals surface area contributed by atoms with Crippen LogP contribution in [-0.4, -0.2) is 29.6 Å². The van der Waals surface area contributed by atoms with Crippen LogP contribution in [0.4, 0.5) is 0 Å². The molecular weight excluding hydrogens is 470 g/mol. The third-order valence-electron chi connectivity index (χ3n) is 12.6. The van der Waals surface area contributed by atoms with Gasteiger partial charge in [-0.3, -0.25) is 4.79 Å². The Hall–Kier alpha value is -1.39. The first kappa shape index (κ1) is 26.8. The number of fused-ring (bicyclic) bond motifs is 5. The van der Waals surface area contributed by atoms with Crippen molar-refractivity contribution >= 4 is 5.78 Å². The number of Topliss-reactive ketones (excluding diaryl/α,β-unsaturated/α-hetero) is 1. The second-order valence-electron chi connectivity index (χ2n) is 14.3. The summed E-state index contributed by atoms with van der Waals surface area (Å²) in [6.07, 6.45) is 15.8. The fraction of sp³-hybridized carbons (Fsp3) is 0.794. The fourth-order valence-electron chi connectivity index (χ4n) is 10.3. The number of aliphatic hydroxyl groups is 1. The van der Waals surface area contributed by atoms with Gasteiger partial charge < -0.3 is 15.2 Å². The number of carbonyl (C=O) groups is 1. The van der Waals surface area contributed by atoms with Crippen LogP contribution in [0, 0.1) is 40.4 Å². The fourth-order valence-corrected chi connectivity index (χ4v) is 10.3. The Bertz CT molecular complexity index is 994. The zero-order valence-corrected chi connectivity index (χ0v) is 23.9. The zero-order chi connectivity index (χ0) is 26.3. The lowest BCUT2D eigenvalue weighted by atomic mass is 9.44. The maximum atomic E-state index is 12.2. The molecule has 0 aromatic heterocycles. The third-order valence-corrected chi connectivity index (χ3v) is 12.6. The van der Waals surface area contributed by atoms with Crippen LogP contribution in [0.5, 0.6) is 5.75 Å². The molecule has 0 radical (unpaired) electrons. The standard InChI is InChI=1S/C34H51NO3/c1-23-6-3-4-9-31(23)35-22-24-7-5-8-27(20-24)38-19-18-34-17-15-29-28(30(34)12-13-32(34)37)11-10-25-21-26(36)14-16-33(25,29)2/h5,7-8,20,23,25,28-32,35,37H,3-4,6,9-19,21-22H2,1-2H3/t23-,25?,28?,29?,30?,31+,32-,33-,34+/m0/s1. The minimum atomic E-state index is -0.191. The topological polar surface area (TPSA) is 58.6 Å². The van der Waals surface area contributed by atoms with Gasteiger partial charge in [0.15, 0.2) is 0 Å². The first-order valence-electron chi connectivity index (χ1n) is 16.0. The number of hydrogen-bond acceptors (Lipinski definition) is 4. The van der Waals surface area contributed by atoms with Gasteiger partial charge in [-0.2, -0.15) is 0 Å².